The van der Waals surface area contributed by atoms with Gasteiger partial charge in [-0.2, -0.15) is 0 Å². The van der Waals surface area contributed by atoms with E-state index in [9.17, 15) is 0 Å². The van der Waals surface area contributed by atoms with Crippen LogP contribution < -0.4 is 5.32 Å². The Hall–Kier alpha value is -8.28. The van der Waals surface area contributed by atoms with E-state index in [1.807, 2.05) is 0 Å². The van der Waals surface area contributed by atoms with Crippen LogP contribution in [0.4, 0.5) is 0 Å². The molecule has 2 aromatic heterocycles. The number of amidine groups is 2. The van der Waals surface area contributed by atoms with E-state index in [2.05, 4.69) is 239 Å². The molecule has 0 amide bonds. The minimum atomic E-state index is -0.471. The molecule has 9 aromatic carbocycles. The molecule has 0 saturated heterocycles. The normalized spacial score (nSPS) is 14.0. The molecule has 1 unspecified atom stereocenters. The molecule has 0 bridgehead atoms. The number of benzene rings is 9. The van der Waals surface area contributed by atoms with E-state index < -0.39 is 6.17 Å². The largest absolute Gasteiger partial charge is 0.344 e. The summed E-state index contributed by atoms with van der Waals surface area (Å²) in [5, 5.41) is 8.68. The Labute approximate surface area is 359 Å². The number of hydrogen-bond acceptors (Lipinski definition) is 3. The second-order valence-corrected chi connectivity index (χ2v) is 15.8. The van der Waals surface area contributed by atoms with Crippen LogP contribution in [-0.4, -0.2) is 20.8 Å². The standard InChI is InChI=1S/C57H39N5/c1-4-19-38(20-5-1)42-25-10-11-26-43(42)44-27-12-13-30-49(44)56-58-55(39-35-36-47-45-28-14-16-33-51(45)61(53(47)37-39)40-21-6-2-7-22-40)59-57(60-56)50-32-18-31-48-46-29-15-17-34-52(46)62(54(48)50)41-23-8-3-9-24-41/h1-37,57H,(H,58,59,60). The topological polar surface area (TPSA) is 46.6 Å². The SMILES string of the molecule is c1ccc(-c2ccccc2-c2ccccc2C2=NC(c3ccc4c5ccccc5n(-c5ccccc5)c4c3)=NC(c3cccc4c5ccccc5n(-c5ccccc5)c34)N2)cc1. The molecular weight excluding hydrogens is 755 g/mol. The van der Waals surface area contributed by atoms with Crippen molar-refractivity contribution in [1.29, 1.82) is 0 Å². The highest BCUT2D eigenvalue weighted by molar-refractivity contribution is 6.18. The summed E-state index contributed by atoms with van der Waals surface area (Å²) in [7, 11) is 0. The highest BCUT2D eigenvalue weighted by Gasteiger charge is 2.27. The van der Waals surface area contributed by atoms with Gasteiger partial charge in [-0.05, 0) is 64.7 Å². The smallest absolute Gasteiger partial charge is 0.159 e. The van der Waals surface area contributed by atoms with E-state index in [4.69, 9.17) is 9.98 Å². The summed E-state index contributed by atoms with van der Waals surface area (Å²) in [5.41, 5.74) is 14.3. The number of fused-ring (bicyclic) bond motifs is 6. The van der Waals surface area contributed by atoms with Gasteiger partial charge in [-0.25, -0.2) is 9.98 Å². The van der Waals surface area contributed by atoms with Gasteiger partial charge < -0.3 is 14.5 Å². The van der Waals surface area contributed by atoms with Gasteiger partial charge in [0.05, 0.1) is 22.1 Å². The summed E-state index contributed by atoms with van der Waals surface area (Å²) >= 11 is 0. The number of rotatable bonds is 7. The lowest BCUT2D eigenvalue weighted by Crippen LogP contribution is -2.34. The van der Waals surface area contributed by atoms with E-state index in [0.717, 1.165) is 67.1 Å². The predicted molar refractivity (Wildman–Crippen MR) is 258 cm³/mol. The molecule has 1 aliphatic rings. The first-order valence-corrected chi connectivity index (χ1v) is 21.1. The van der Waals surface area contributed by atoms with Crippen LogP contribution in [0, 0.1) is 0 Å². The van der Waals surface area contributed by atoms with Gasteiger partial charge in [0.25, 0.3) is 0 Å². The molecule has 0 saturated carbocycles. The molecule has 0 spiro atoms. The van der Waals surface area contributed by atoms with Crippen LogP contribution in [0.5, 0.6) is 0 Å². The Kier molecular flexibility index (Phi) is 8.49. The molecule has 1 atom stereocenters. The Morgan fingerprint density at radius 3 is 1.60 bits per heavy atom. The number of hydrogen-bond donors (Lipinski definition) is 1. The van der Waals surface area contributed by atoms with Crippen molar-refractivity contribution in [2.45, 2.75) is 6.17 Å². The summed E-state index contributed by atoms with van der Waals surface area (Å²) < 4.78 is 4.74. The van der Waals surface area contributed by atoms with Gasteiger partial charge in [-0.3, -0.25) is 0 Å². The number of nitrogens with zero attached hydrogens (tertiary/aromatic N) is 4. The van der Waals surface area contributed by atoms with Crippen LogP contribution in [-0.2, 0) is 0 Å². The quantitative estimate of drug-likeness (QED) is 0.172. The average Bonchev–Trinajstić information content (AvgIpc) is 3.87. The van der Waals surface area contributed by atoms with Crippen LogP contribution in [0.3, 0.4) is 0 Å². The van der Waals surface area contributed by atoms with Gasteiger partial charge in [0.1, 0.15) is 12.0 Å². The average molecular weight is 794 g/mol. The minimum absolute atomic E-state index is 0.471. The summed E-state index contributed by atoms with van der Waals surface area (Å²) in [4.78, 5) is 11.1. The number of aliphatic imine (C=N–C) groups is 2. The molecule has 0 radical (unpaired) electrons. The van der Waals surface area contributed by atoms with Gasteiger partial charge in [0.15, 0.2) is 5.84 Å². The van der Waals surface area contributed by atoms with Crippen molar-refractivity contribution in [3.63, 3.8) is 0 Å². The molecule has 0 aliphatic carbocycles. The lowest BCUT2D eigenvalue weighted by molar-refractivity contribution is 0.677. The van der Waals surface area contributed by atoms with Crippen LogP contribution in [0.2, 0.25) is 0 Å². The predicted octanol–water partition coefficient (Wildman–Crippen LogP) is 13.7. The van der Waals surface area contributed by atoms with Crippen LogP contribution in [0.1, 0.15) is 22.9 Å². The molecule has 1 aliphatic heterocycles. The highest BCUT2D eigenvalue weighted by atomic mass is 15.2. The summed E-state index contributed by atoms with van der Waals surface area (Å²) in [5.74, 6) is 1.43. The lowest BCUT2D eigenvalue weighted by atomic mass is 9.91. The zero-order valence-corrected chi connectivity index (χ0v) is 33.7. The molecule has 62 heavy (non-hydrogen) atoms. The maximum absolute atomic E-state index is 5.58. The van der Waals surface area contributed by atoms with Crippen LogP contribution >= 0.6 is 0 Å². The van der Waals surface area contributed by atoms with Gasteiger partial charge in [0, 0.05) is 49.6 Å². The third-order valence-electron chi connectivity index (χ3n) is 12.2. The van der Waals surface area contributed by atoms with E-state index >= 15 is 0 Å². The summed E-state index contributed by atoms with van der Waals surface area (Å²) in [6, 6.07) is 79.7. The first-order chi connectivity index (χ1) is 30.8. The first-order valence-electron chi connectivity index (χ1n) is 21.1. The Bertz CT molecular complexity index is 3540. The molecule has 12 rings (SSSR count). The fourth-order valence-corrected chi connectivity index (χ4v) is 9.46. The fourth-order valence-electron chi connectivity index (χ4n) is 9.46. The van der Waals surface area contributed by atoms with Crippen molar-refractivity contribution in [2.24, 2.45) is 9.98 Å². The molecule has 3 heterocycles. The second-order valence-electron chi connectivity index (χ2n) is 15.8. The van der Waals surface area contributed by atoms with Crippen molar-refractivity contribution >= 4 is 55.3 Å². The van der Waals surface area contributed by atoms with Crippen LogP contribution in [0.25, 0.3) is 77.2 Å². The van der Waals surface area contributed by atoms with Crippen molar-refractivity contribution in [3.8, 4) is 33.6 Å². The van der Waals surface area contributed by atoms with Crippen LogP contribution in [0.15, 0.2) is 234 Å². The maximum Gasteiger partial charge on any atom is 0.159 e. The van der Waals surface area contributed by atoms with Crippen molar-refractivity contribution < 1.29 is 0 Å². The van der Waals surface area contributed by atoms with Crippen molar-refractivity contribution in [1.82, 2.24) is 14.5 Å². The minimum Gasteiger partial charge on any atom is -0.344 e. The second kappa shape index (κ2) is 14.8. The van der Waals surface area contributed by atoms with Crippen molar-refractivity contribution in [2.75, 3.05) is 0 Å². The molecule has 11 aromatic rings. The highest BCUT2D eigenvalue weighted by Crippen LogP contribution is 2.40. The Morgan fingerprint density at radius 1 is 0.371 bits per heavy atom. The van der Waals surface area contributed by atoms with Gasteiger partial charge in [-0.1, -0.05) is 182 Å². The van der Waals surface area contributed by atoms with Crippen molar-refractivity contribution in [3.05, 3.63) is 241 Å². The third-order valence-corrected chi connectivity index (χ3v) is 12.2. The summed E-state index contributed by atoms with van der Waals surface area (Å²) in [6.07, 6.45) is -0.471. The van der Waals surface area contributed by atoms with Gasteiger partial charge in [0.2, 0.25) is 0 Å². The molecule has 0 fully saturated rings. The lowest BCUT2D eigenvalue weighted by Gasteiger charge is -2.26. The number of para-hydroxylation sites is 5. The molecule has 5 nitrogen and oxygen atoms in total. The third kappa shape index (κ3) is 5.86. The van der Waals surface area contributed by atoms with E-state index in [1.165, 1.54) is 32.7 Å². The molecule has 5 heteroatoms. The number of aromatic nitrogens is 2. The molecular formula is C57H39N5. The molecule has 1 N–H and O–H groups in total. The first kappa shape index (κ1) is 35.6. The van der Waals surface area contributed by atoms with E-state index in [1.54, 1.807) is 0 Å². The maximum atomic E-state index is 5.58. The Morgan fingerprint density at radius 2 is 0.887 bits per heavy atom. The fraction of sp³-hybridized carbons (Fsp3) is 0.0175. The number of nitrogens with one attached hydrogen (secondary N) is 1. The zero-order chi connectivity index (χ0) is 41.0. The molecule has 292 valence electrons. The summed E-state index contributed by atoms with van der Waals surface area (Å²) in [6.45, 7) is 0. The van der Waals surface area contributed by atoms with Gasteiger partial charge in [-0.15, -0.1) is 0 Å². The zero-order valence-electron chi connectivity index (χ0n) is 33.7. The van der Waals surface area contributed by atoms with E-state index in [-0.39, 0.29) is 0 Å². The van der Waals surface area contributed by atoms with Gasteiger partial charge >= 0.3 is 0 Å². The monoisotopic (exact) mass is 793 g/mol. The van der Waals surface area contributed by atoms with E-state index in [0.29, 0.717) is 5.84 Å². The Balaban J connectivity index is 1.10.